The van der Waals surface area contributed by atoms with E-state index in [4.69, 9.17) is 5.26 Å². The molecule has 0 saturated heterocycles. The lowest BCUT2D eigenvalue weighted by atomic mass is 10.5. The first-order valence-electron chi connectivity index (χ1n) is 6.40. The van der Waals surface area contributed by atoms with Gasteiger partial charge in [-0.25, -0.2) is 26.3 Å². The van der Waals surface area contributed by atoms with Gasteiger partial charge < -0.3 is 4.74 Å². The minimum absolute atomic E-state index is 0.352. The van der Waals surface area contributed by atoms with Crippen LogP contribution in [0.1, 0.15) is 13.8 Å². The fourth-order valence-corrected chi connectivity index (χ4v) is 4.36. The molecule has 0 spiro atoms. The topological polar surface area (TPSA) is 184 Å². The summed E-state index contributed by atoms with van der Waals surface area (Å²) in [5.41, 5.74) is 0. The Hall–Kier alpha value is -1.11. The van der Waals surface area contributed by atoms with Gasteiger partial charge in [0.05, 0.1) is 12.4 Å². The van der Waals surface area contributed by atoms with Crippen LogP contribution < -0.4 is 14.4 Å². The van der Waals surface area contributed by atoms with E-state index in [1.54, 1.807) is 0 Å². The lowest BCUT2D eigenvalue weighted by Gasteiger charge is -2.32. The van der Waals surface area contributed by atoms with E-state index < -0.39 is 52.4 Å². The second kappa shape index (κ2) is 8.50. The Kier molecular flexibility index (Phi) is 8.15. The molecule has 160 valence electrons. The summed E-state index contributed by atoms with van der Waals surface area (Å²) < 4.78 is 117. The van der Waals surface area contributed by atoms with E-state index in [0.717, 1.165) is 30.6 Å². The molecule has 0 rings (SSSR count). The number of hydrogen-bond donors (Lipinski definition) is 3. The Morgan fingerprint density at radius 3 is 1.85 bits per heavy atom. The zero-order valence-electron chi connectivity index (χ0n) is 14.1. The molecule has 0 saturated carbocycles. The van der Waals surface area contributed by atoms with Gasteiger partial charge in [0.1, 0.15) is 6.07 Å². The third kappa shape index (κ3) is 7.80. The molecule has 13 nitrogen and oxygen atoms in total. The van der Waals surface area contributed by atoms with Crippen molar-refractivity contribution in [1.82, 2.24) is 18.9 Å². The first-order chi connectivity index (χ1) is 11.8. The summed E-state index contributed by atoms with van der Waals surface area (Å²) in [4.78, 5) is 2.17. The van der Waals surface area contributed by atoms with Gasteiger partial charge in [-0.3, -0.25) is 0 Å². The summed E-state index contributed by atoms with van der Waals surface area (Å²) in [6.07, 6.45) is -6.77. The molecule has 0 aromatic rings. The molecule has 0 radical (unpaired) electrons. The Morgan fingerprint density at radius 1 is 1.07 bits per heavy atom. The number of halogens is 3. The van der Waals surface area contributed by atoms with Crippen LogP contribution in [0.2, 0.25) is 0 Å². The van der Waals surface area contributed by atoms with Gasteiger partial charge in [-0.15, -0.1) is 22.8 Å². The molecule has 19 heteroatoms. The van der Waals surface area contributed by atoms with E-state index in [1.807, 2.05) is 0 Å². The summed E-state index contributed by atoms with van der Waals surface area (Å²) in [5, 5.41) is 4.85. The second-order valence-corrected chi connectivity index (χ2v) is 9.99. The number of ether oxygens (including phenoxy) is 2. The third-order valence-corrected chi connectivity index (χ3v) is 5.40. The van der Waals surface area contributed by atoms with Crippen molar-refractivity contribution in [2.24, 2.45) is 0 Å². The number of alkyl halides is 3. The van der Waals surface area contributed by atoms with Crippen molar-refractivity contribution in [3.8, 4) is 6.07 Å². The summed E-state index contributed by atoms with van der Waals surface area (Å²) >= 11 is 0. The van der Waals surface area contributed by atoms with Crippen molar-refractivity contribution < 1.29 is 47.9 Å². The first-order valence-corrected chi connectivity index (χ1v) is 11.2. The highest BCUT2D eigenvalue weighted by Gasteiger charge is 2.59. The zero-order chi connectivity index (χ0) is 21.9. The minimum atomic E-state index is -5.99. The molecule has 1 unspecified atom stereocenters. The van der Waals surface area contributed by atoms with Gasteiger partial charge >= 0.3 is 21.5 Å². The molecule has 0 aliphatic rings. The predicted octanol–water partition coefficient (Wildman–Crippen LogP) is -1.81. The Balaban J connectivity index is 6.62. The third-order valence-electron chi connectivity index (χ3n) is 2.08. The van der Waals surface area contributed by atoms with Gasteiger partial charge in [0.15, 0.2) is 0 Å². The summed E-state index contributed by atoms with van der Waals surface area (Å²) in [6, 6.07) is 0.630. The van der Waals surface area contributed by atoms with Gasteiger partial charge in [0.2, 0.25) is 10.0 Å². The van der Waals surface area contributed by atoms with Crippen molar-refractivity contribution in [3.63, 3.8) is 0 Å². The largest absolute Gasteiger partial charge is 0.526 e. The normalized spacial score (nSPS) is 16.3. The van der Waals surface area contributed by atoms with E-state index in [-0.39, 0.29) is 0 Å². The van der Waals surface area contributed by atoms with Crippen LogP contribution in [0.5, 0.6) is 0 Å². The van der Waals surface area contributed by atoms with Crippen LogP contribution >= 0.6 is 0 Å². The van der Waals surface area contributed by atoms with E-state index in [9.17, 15) is 38.4 Å². The predicted molar refractivity (Wildman–Crippen MR) is 81.6 cm³/mol. The van der Waals surface area contributed by atoms with Gasteiger partial charge in [-0.2, -0.15) is 13.7 Å². The number of nitrogens with zero attached hydrogens (tertiary/aromatic N) is 2. The molecule has 0 amide bonds. The van der Waals surface area contributed by atoms with Gasteiger partial charge in [-0.05, 0) is 18.4 Å². The minimum Gasteiger partial charge on any atom is -0.322 e. The Bertz CT molecular complexity index is 879. The van der Waals surface area contributed by atoms with Crippen LogP contribution in [0.3, 0.4) is 0 Å². The summed E-state index contributed by atoms with van der Waals surface area (Å²) in [5.74, 6) is 0. The van der Waals surface area contributed by atoms with Crippen LogP contribution in [-0.4, -0.2) is 60.7 Å². The molecule has 0 aromatic carbocycles. The molecular formula is C8H16F3N5O8S3. The molecule has 0 fully saturated rings. The van der Waals surface area contributed by atoms with Gasteiger partial charge in [0, 0.05) is 7.05 Å². The Labute approximate surface area is 153 Å². The monoisotopic (exact) mass is 463 g/mol. The van der Waals surface area contributed by atoms with E-state index in [1.165, 1.54) is 4.72 Å². The highest BCUT2D eigenvalue weighted by Crippen LogP contribution is 2.32. The maximum Gasteiger partial charge on any atom is 0.526 e. The smallest absolute Gasteiger partial charge is 0.322 e. The number of hydrazine groups is 2. The first kappa shape index (κ1) is 25.9. The molecule has 0 aliphatic carbocycles. The van der Waals surface area contributed by atoms with Crippen LogP contribution in [0.4, 0.5) is 13.2 Å². The highest BCUT2D eigenvalue weighted by atomic mass is 32.2. The van der Waals surface area contributed by atoms with Crippen molar-refractivity contribution >= 4 is 30.3 Å². The second-order valence-electron chi connectivity index (χ2n) is 4.81. The van der Waals surface area contributed by atoms with Gasteiger partial charge in [0.25, 0.3) is 10.2 Å². The Morgan fingerprint density at radius 2 is 1.56 bits per heavy atom. The van der Waals surface area contributed by atoms with E-state index in [0.29, 0.717) is 12.3 Å². The fraction of sp³-hybridized carbons (Fsp3) is 0.875. The van der Waals surface area contributed by atoms with Crippen molar-refractivity contribution in [2.45, 2.75) is 31.4 Å². The average Bonchev–Trinajstić information content (AvgIpc) is 2.41. The van der Waals surface area contributed by atoms with Crippen LogP contribution in [0.25, 0.3) is 0 Å². The molecule has 0 aliphatic heterocycles. The highest BCUT2D eigenvalue weighted by molar-refractivity contribution is 7.93. The number of nitrogens with one attached hydrogen (secondary N) is 3. The van der Waals surface area contributed by atoms with E-state index >= 15 is 0 Å². The maximum atomic E-state index is 12.7. The number of rotatable bonds is 10. The average molecular weight is 463 g/mol. The van der Waals surface area contributed by atoms with Crippen molar-refractivity contribution in [3.05, 3.63) is 0 Å². The molecule has 3 N–H and O–H groups in total. The van der Waals surface area contributed by atoms with Crippen molar-refractivity contribution in [2.75, 3.05) is 13.3 Å². The van der Waals surface area contributed by atoms with Crippen LogP contribution in [-0.2, 0) is 39.7 Å². The summed E-state index contributed by atoms with van der Waals surface area (Å²) in [7, 11) is -14.6. The van der Waals surface area contributed by atoms with Gasteiger partial charge in [-0.1, -0.05) is 0 Å². The summed E-state index contributed by atoms with van der Waals surface area (Å²) in [6.45, 7) is 2.07. The van der Waals surface area contributed by atoms with Crippen molar-refractivity contribution in [1.29, 1.82) is 5.26 Å². The SMILES string of the molecule is CNS(=O)(=O)NN(NS(C)(=O)=O)S(=O)(=O)C(C#N)(OC(C)C)OC(F)(F)F. The van der Waals surface area contributed by atoms with E-state index in [2.05, 4.69) is 9.47 Å². The molecule has 0 heterocycles. The lowest BCUT2D eigenvalue weighted by Crippen LogP contribution is -2.64. The number of sulfonamides is 2. The molecule has 0 bridgehead atoms. The molecule has 0 aromatic heterocycles. The number of nitriles is 1. The number of hydrogen-bond acceptors (Lipinski definition) is 9. The molecule has 27 heavy (non-hydrogen) atoms. The lowest BCUT2D eigenvalue weighted by molar-refractivity contribution is -0.383. The molecular weight excluding hydrogens is 447 g/mol. The van der Waals surface area contributed by atoms with Crippen LogP contribution in [0, 0.1) is 11.3 Å². The fourth-order valence-electron chi connectivity index (χ4n) is 1.25. The standard InChI is InChI=1S/C8H16F3N5O8S3/c1-6(2)23-7(5-12,24-8(9,10)11)26(19,20)16(14-25(4,17)18)15-27(21,22)13-3/h6,13-15H,1-4H3. The quantitative estimate of drug-likeness (QED) is 0.248. The maximum absolute atomic E-state index is 12.7. The van der Waals surface area contributed by atoms with Crippen LogP contribution in [0.15, 0.2) is 0 Å². The molecule has 1 atom stereocenters. The zero-order valence-corrected chi connectivity index (χ0v) is 16.5.